The van der Waals surface area contributed by atoms with E-state index in [1.165, 1.54) is 5.56 Å². The lowest BCUT2D eigenvalue weighted by atomic mass is 10.2. The van der Waals surface area contributed by atoms with Crippen LogP contribution in [0, 0.1) is 6.92 Å². The van der Waals surface area contributed by atoms with Gasteiger partial charge in [-0.05, 0) is 24.6 Å². The molecule has 0 atom stereocenters. The largest absolute Gasteiger partial charge is 0.489 e. The van der Waals surface area contributed by atoms with Crippen LogP contribution in [0.1, 0.15) is 16.8 Å². The normalized spacial score (nSPS) is 10.7. The van der Waals surface area contributed by atoms with E-state index < -0.39 is 0 Å². The Morgan fingerprint density at radius 3 is 2.83 bits per heavy atom. The van der Waals surface area contributed by atoms with Crippen molar-refractivity contribution in [3.05, 3.63) is 46.2 Å². The van der Waals surface area contributed by atoms with Crippen molar-refractivity contribution in [3.63, 3.8) is 0 Å². The summed E-state index contributed by atoms with van der Waals surface area (Å²) in [5, 5.41) is 5.70. The molecule has 0 spiro atoms. The molecule has 0 saturated heterocycles. The molecule has 0 radical (unpaired) electrons. The van der Waals surface area contributed by atoms with E-state index in [9.17, 15) is 0 Å². The number of nitrogens with zero attached hydrogens (tertiary/aromatic N) is 2. The second kappa shape index (κ2) is 5.76. The molecule has 0 N–H and O–H groups in total. The number of ether oxygens (including phenoxy) is 1. The maximum Gasteiger partial charge on any atom is 0.133 e. The number of alkyl halides is 1. The third-order valence-corrected chi connectivity index (χ3v) is 3.83. The minimum absolute atomic E-state index is 0.435. The van der Waals surface area contributed by atoms with Gasteiger partial charge in [0, 0.05) is 17.9 Å². The molecule has 0 fully saturated rings. The van der Waals surface area contributed by atoms with Gasteiger partial charge < -0.3 is 4.74 Å². The molecular formula is C13H14BrClN2O. The molecule has 1 heterocycles. The van der Waals surface area contributed by atoms with Gasteiger partial charge in [0.1, 0.15) is 17.5 Å². The zero-order valence-electron chi connectivity index (χ0n) is 10.3. The first-order valence-corrected chi connectivity index (χ1v) is 7.07. The average Bonchev–Trinajstić information content (AvgIpc) is 2.61. The van der Waals surface area contributed by atoms with Gasteiger partial charge in [0.05, 0.1) is 5.69 Å². The molecule has 1 aromatic heterocycles. The second-order valence-corrected chi connectivity index (χ2v) is 4.97. The highest BCUT2D eigenvalue weighted by atomic mass is 79.9. The fourth-order valence-corrected chi connectivity index (χ4v) is 2.29. The summed E-state index contributed by atoms with van der Waals surface area (Å²) in [5.74, 6) is 0.839. The molecule has 0 amide bonds. The number of hydrogen-bond acceptors (Lipinski definition) is 2. The summed E-state index contributed by atoms with van der Waals surface area (Å²) >= 11 is 9.58. The Kier molecular flexibility index (Phi) is 4.30. The quantitative estimate of drug-likeness (QED) is 0.797. The van der Waals surface area contributed by atoms with Crippen molar-refractivity contribution in [1.29, 1.82) is 0 Å². The number of aryl methyl sites for hydroxylation is 2. The first kappa shape index (κ1) is 13.4. The maximum absolute atomic E-state index is 6.15. The lowest BCUT2D eigenvalue weighted by molar-refractivity contribution is 0.305. The monoisotopic (exact) mass is 328 g/mol. The maximum atomic E-state index is 6.15. The standard InChI is InChI=1S/C13H14BrClN2O/c1-9-12(13(15)17(2)16-9)8-18-11-5-3-4-10(6-11)7-14/h3-6H,7-8H2,1-2H3. The number of hydrogen-bond donors (Lipinski definition) is 0. The lowest BCUT2D eigenvalue weighted by Crippen LogP contribution is -1.97. The van der Waals surface area contributed by atoms with Crippen molar-refractivity contribution >= 4 is 27.5 Å². The van der Waals surface area contributed by atoms with E-state index in [0.29, 0.717) is 11.8 Å². The molecule has 0 aliphatic carbocycles. The minimum Gasteiger partial charge on any atom is -0.489 e. The van der Waals surface area contributed by atoms with Crippen LogP contribution in [-0.4, -0.2) is 9.78 Å². The highest BCUT2D eigenvalue weighted by molar-refractivity contribution is 9.08. The third kappa shape index (κ3) is 2.87. The van der Waals surface area contributed by atoms with Gasteiger partial charge in [-0.2, -0.15) is 5.10 Å². The van der Waals surface area contributed by atoms with Gasteiger partial charge in [-0.3, -0.25) is 4.68 Å². The third-order valence-electron chi connectivity index (χ3n) is 2.71. The summed E-state index contributed by atoms with van der Waals surface area (Å²) in [6.07, 6.45) is 0. The number of benzene rings is 1. The van der Waals surface area contributed by atoms with Gasteiger partial charge in [-0.1, -0.05) is 39.7 Å². The molecule has 0 saturated carbocycles. The smallest absolute Gasteiger partial charge is 0.133 e. The van der Waals surface area contributed by atoms with E-state index in [2.05, 4.69) is 21.0 Å². The molecule has 0 bridgehead atoms. The predicted octanol–water partition coefficient (Wildman–Crippen LogP) is 3.86. The first-order chi connectivity index (χ1) is 8.61. The molecule has 1 aromatic carbocycles. The van der Waals surface area contributed by atoms with Gasteiger partial charge in [0.15, 0.2) is 0 Å². The first-order valence-electron chi connectivity index (χ1n) is 5.57. The summed E-state index contributed by atoms with van der Waals surface area (Å²) in [6.45, 7) is 2.36. The Morgan fingerprint density at radius 1 is 1.44 bits per heavy atom. The molecule has 0 unspecified atom stereocenters. The van der Waals surface area contributed by atoms with Gasteiger partial charge >= 0.3 is 0 Å². The molecule has 2 aromatic rings. The van der Waals surface area contributed by atoms with Crippen molar-refractivity contribution in [1.82, 2.24) is 9.78 Å². The van der Waals surface area contributed by atoms with Crippen LogP contribution in [0.4, 0.5) is 0 Å². The molecule has 5 heteroatoms. The minimum atomic E-state index is 0.435. The summed E-state index contributed by atoms with van der Waals surface area (Å²) in [7, 11) is 1.82. The van der Waals surface area contributed by atoms with Gasteiger partial charge in [-0.25, -0.2) is 0 Å². The van der Waals surface area contributed by atoms with E-state index in [-0.39, 0.29) is 0 Å². The lowest BCUT2D eigenvalue weighted by Gasteiger charge is -2.07. The van der Waals surface area contributed by atoms with Crippen LogP contribution in [0.2, 0.25) is 5.15 Å². The van der Waals surface area contributed by atoms with Crippen LogP contribution < -0.4 is 4.74 Å². The summed E-state index contributed by atoms with van der Waals surface area (Å²) < 4.78 is 7.41. The second-order valence-electron chi connectivity index (χ2n) is 4.05. The van der Waals surface area contributed by atoms with Crippen LogP contribution in [0.3, 0.4) is 0 Å². The van der Waals surface area contributed by atoms with Gasteiger partial charge in [0.2, 0.25) is 0 Å². The van der Waals surface area contributed by atoms with Crippen molar-refractivity contribution in [2.45, 2.75) is 18.9 Å². The Labute approximate surface area is 120 Å². The number of halogens is 2. The van der Waals surface area contributed by atoms with Crippen molar-refractivity contribution in [3.8, 4) is 5.75 Å². The van der Waals surface area contributed by atoms with Crippen LogP contribution in [0.5, 0.6) is 5.75 Å². The van der Waals surface area contributed by atoms with Gasteiger partial charge in [-0.15, -0.1) is 0 Å². The van der Waals surface area contributed by atoms with E-state index in [1.807, 2.05) is 38.2 Å². The van der Waals surface area contributed by atoms with E-state index in [1.54, 1.807) is 4.68 Å². The molecule has 96 valence electrons. The zero-order valence-corrected chi connectivity index (χ0v) is 12.6. The summed E-state index contributed by atoms with van der Waals surface area (Å²) in [4.78, 5) is 0. The van der Waals surface area contributed by atoms with Crippen molar-refractivity contribution < 1.29 is 4.74 Å². The molecular weight excluding hydrogens is 316 g/mol. The molecule has 0 aliphatic rings. The van der Waals surface area contributed by atoms with E-state index in [4.69, 9.17) is 16.3 Å². The molecule has 0 aliphatic heterocycles. The Hall–Kier alpha value is -1.000. The summed E-state index contributed by atoms with van der Waals surface area (Å²) in [5.41, 5.74) is 3.02. The number of aromatic nitrogens is 2. The van der Waals surface area contributed by atoms with E-state index in [0.717, 1.165) is 22.3 Å². The SMILES string of the molecule is Cc1nn(C)c(Cl)c1COc1cccc(CBr)c1. The van der Waals surface area contributed by atoms with Crippen molar-refractivity contribution in [2.75, 3.05) is 0 Å². The fraction of sp³-hybridized carbons (Fsp3) is 0.308. The summed E-state index contributed by atoms with van der Waals surface area (Å²) in [6, 6.07) is 7.97. The molecule has 18 heavy (non-hydrogen) atoms. The van der Waals surface area contributed by atoms with Crippen LogP contribution in [-0.2, 0) is 19.0 Å². The Balaban J connectivity index is 2.11. The Morgan fingerprint density at radius 2 is 2.22 bits per heavy atom. The fourth-order valence-electron chi connectivity index (χ4n) is 1.71. The predicted molar refractivity (Wildman–Crippen MR) is 76.4 cm³/mol. The van der Waals surface area contributed by atoms with Crippen LogP contribution >= 0.6 is 27.5 Å². The van der Waals surface area contributed by atoms with E-state index >= 15 is 0 Å². The highest BCUT2D eigenvalue weighted by Gasteiger charge is 2.11. The topological polar surface area (TPSA) is 27.1 Å². The van der Waals surface area contributed by atoms with Crippen molar-refractivity contribution in [2.24, 2.45) is 7.05 Å². The highest BCUT2D eigenvalue weighted by Crippen LogP contribution is 2.22. The van der Waals surface area contributed by atoms with Crippen LogP contribution in [0.25, 0.3) is 0 Å². The Bertz CT molecular complexity index is 554. The van der Waals surface area contributed by atoms with Gasteiger partial charge in [0.25, 0.3) is 0 Å². The molecule has 2 rings (SSSR count). The average molecular weight is 330 g/mol. The number of rotatable bonds is 4. The zero-order chi connectivity index (χ0) is 13.1. The molecule has 3 nitrogen and oxygen atoms in total. The van der Waals surface area contributed by atoms with Crippen LogP contribution in [0.15, 0.2) is 24.3 Å².